The monoisotopic (exact) mass is 462 g/mol. The summed E-state index contributed by atoms with van der Waals surface area (Å²) in [6.45, 7) is 15.3. The van der Waals surface area contributed by atoms with Gasteiger partial charge in [0.2, 0.25) is 0 Å². The van der Waals surface area contributed by atoms with Gasteiger partial charge in [0, 0.05) is 5.41 Å². The fraction of sp³-hybridized carbons (Fsp3) is 0.556. The molecule has 2 N–H and O–H groups in total. The molecule has 1 aliphatic rings. The molecule has 1 aliphatic carbocycles. The molecule has 2 aromatic rings. The smallest absolute Gasteiger partial charge is 0.137 e. The second-order valence-corrected chi connectivity index (χ2v) is 11.9. The lowest BCUT2D eigenvalue weighted by molar-refractivity contribution is 0.126. The first-order chi connectivity index (χ1) is 14.3. The van der Waals surface area contributed by atoms with E-state index in [1.807, 2.05) is 12.1 Å². The number of benzene rings is 2. The van der Waals surface area contributed by atoms with Crippen LogP contribution in [0.3, 0.4) is 0 Å². The third-order valence-electron chi connectivity index (χ3n) is 6.91. The van der Waals surface area contributed by atoms with E-state index < -0.39 is 0 Å². The number of halogens is 2. The van der Waals surface area contributed by atoms with E-state index in [4.69, 9.17) is 23.2 Å². The van der Waals surface area contributed by atoms with Gasteiger partial charge in [-0.15, -0.1) is 0 Å². The second kappa shape index (κ2) is 8.52. The van der Waals surface area contributed by atoms with Gasteiger partial charge in [0.15, 0.2) is 0 Å². The Labute approximate surface area is 197 Å². The van der Waals surface area contributed by atoms with E-state index in [1.165, 1.54) is 0 Å². The first-order valence-electron chi connectivity index (χ1n) is 11.3. The molecule has 1 unspecified atom stereocenters. The van der Waals surface area contributed by atoms with E-state index in [0.29, 0.717) is 16.0 Å². The first kappa shape index (κ1) is 24.3. The molecule has 1 saturated carbocycles. The van der Waals surface area contributed by atoms with E-state index in [0.717, 1.165) is 41.5 Å². The minimum absolute atomic E-state index is 0.127. The van der Waals surface area contributed by atoms with Crippen LogP contribution in [-0.4, -0.2) is 10.2 Å². The standard InChI is InChI=1S/C27H36Cl2O2/c1-15(2)20-8-18(10-22(28)24(20)30)27(13-17(5)12-26(6,7)14-27)19-9-21(16(3)4)25(31)23(29)11-19/h8-11,15-17,30-31H,12-14H2,1-7H3. The van der Waals surface area contributed by atoms with E-state index in [9.17, 15) is 10.2 Å². The number of rotatable bonds is 4. The maximum absolute atomic E-state index is 10.6. The number of phenols is 2. The summed E-state index contributed by atoms with van der Waals surface area (Å²) in [5, 5.41) is 22.0. The molecular weight excluding hydrogens is 427 g/mol. The van der Waals surface area contributed by atoms with Crippen LogP contribution in [0, 0.1) is 11.3 Å². The summed E-state index contributed by atoms with van der Waals surface area (Å²) in [7, 11) is 0. The van der Waals surface area contributed by atoms with Crippen molar-refractivity contribution in [1.82, 2.24) is 0 Å². The molecule has 2 nitrogen and oxygen atoms in total. The van der Waals surface area contributed by atoms with Gasteiger partial charge in [-0.3, -0.25) is 0 Å². The van der Waals surface area contributed by atoms with E-state index in [-0.39, 0.29) is 34.2 Å². The molecule has 0 bridgehead atoms. The Hall–Kier alpha value is -1.38. The highest BCUT2D eigenvalue weighted by atomic mass is 35.5. The summed E-state index contributed by atoms with van der Waals surface area (Å²) >= 11 is 13.1. The van der Waals surface area contributed by atoms with Crippen molar-refractivity contribution in [3.63, 3.8) is 0 Å². The Bertz CT molecular complexity index is 912. The zero-order valence-electron chi connectivity index (χ0n) is 19.8. The third-order valence-corrected chi connectivity index (χ3v) is 7.49. The molecule has 0 aromatic heterocycles. The largest absolute Gasteiger partial charge is 0.506 e. The van der Waals surface area contributed by atoms with Gasteiger partial charge in [0.05, 0.1) is 10.0 Å². The highest BCUT2D eigenvalue weighted by molar-refractivity contribution is 6.32. The summed E-state index contributed by atoms with van der Waals surface area (Å²) in [6.07, 6.45) is 3.07. The lowest BCUT2D eigenvalue weighted by Gasteiger charge is -2.49. The maximum Gasteiger partial charge on any atom is 0.137 e. The SMILES string of the molecule is CC1CC(C)(C)CC(c2cc(Cl)c(O)c(C(C)C)c2)(c2cc(Cl)c(O)c(C(C)C)c2)C1. The van der Waals surface area contributed by atoms with Crippen LogP contribution in [0.15, 0.2) is 24.3 Å². The van der Waals surface area contributed by atoms with Crippen molar-refractivity contribution >= 4 is 23.2 Å². The van der Waals surface area contributed by atoms with Gasteiger partial charge in [0.1, 0.15) is 11.5 Å². The normalized spacial score (nSPS) is 20.4. The molecule has 1 atom stereocenters. The van der Waals surface area contributed by atoms with Crippen LogP contribution in [0.5, 0.6) is 11.5 Å². The van der Waals surface area contributed by atoms with Crippen molar-refractivity contribution < 1.29 is 10.2 Å². The van der Waals surface area contributed by atoms with Gasteiger partial charge in [-0.1, -0.05) is 83.8 Å². The summed E-state index contributed by atoms with van der Waals surface area (Å²) in [5.74, 6) is 1.15. The van der Waals surface area contributed by atoms with Gasteiger partial charge >= 0.3 is 0 Å². The van der Waals surface area contributed by atoms with Crippen molar-refractivity contribution in [2.75, 3.05) is 0 Å². The summed E-state index contributed by atoms with van der Waals surface area (Å²) in [4.78, 5) is 0. The highest BCUT2D eigenvalue weighted by Crippen LogP contribution is 2.56. The van der Waals surface area contributed by atoms with Crippen LogP contribution in [0.4, 0.5) is 0 Å². The maximum atomic E-state index is 10.6. The topological polar surface area (TPSA) is 40.5 Å². The van der Waals surface area contributed by atoms with Gasteiger partial charge in [-0.25, -0.2) is 0 Å². The molecule has 170 valence electrons. The average molecular weight is 463 g/mol. The average Bonchev–Trinajstić information content (AvgIpc) is 2.63. The summed E-state index contributed by atoms with van der Waals surface area (Å²) < 4.78 is 0. The summed E-state index contributed by atoms with van der Waals surface area (Å²) in [6, 6.07) is 8.14. The fourth-order valence-corrected chi connectivity index (χ4v) is 6.30. The minimum Gasteiger partial charge on any atom is -0.506 e. The fourth-order valence-electron chi connectivity index (χ4n) is 5.85. The number of phenolic OH excluding ortho intramolecular Hbond substituents is 2. The molecule has 0 aliphatic heterocycles. The molecule has 3 rings (SSSR count). The molecular formula is C27H36Cl2O2. The second-order valence-electron chi connectivity index (χ2n) is 11.0. The molecule has 4 heteroatoms. The van der Waals surface area contributed by atoms with Crippen molar-refractivity contribution in [2.24, 2.45) is 11.3 Å². The van der Waals surface area contributed by atoms with Gasteiger partial charge in [0.25, 0.3) is 0 Å². The molecule has 0 amide bonds. The molecule has 2 aromatic carbocycles. The molecule has 0 heterocycles. The van der Waals surface area contributed by atoms with Crippen molar-refractivity contribution in [3.05, 3.63) is 56.6 Å². The van der Waals surface area contributed by atoms with Crippen LogP contribution in [0.25, 0.3) is 0 Å². The molecule has 1 fully saturated rings. The third kappa shape index (κ3) is 4.57. The zero-order chi connectivity index (χ0) is 23.3. The highest BCUT2D eigenvalue weighted by Gasteiger charge is 2.46. The zero-order valence-corrected chi connectivity index (χ0v) is 21.3. The Morgan fingerprint density at radius 1 is 0.806 bits per heavy atom. The van der Waals surface area contributed by atoms with Crippen LogP contribution in [0.1, 0.15) is 102 Å². The van der Waals surface area contributed by atoms with Gasteiger partial charge in [-0.2, -0.15) is 0 Å². The first-order valence-corrected chi connectivity index (χ1v) is 12.1. The van der Waals surface area contributed by atoms with Crippen molar-refractivity contribution in [3.8, 4) is 11.5 Å². The lowest BCUT2D eigenvalue weighted by atomic mass is 9.55. The quantitative estimate of drug-likeness (QED) is 0.476. The number of hydrogen-bond donors (Lipinski definition) is 2. The van der Waals surface area contributed by atoms with Crippen LogP contribution in [-0.2, 0) is 5.41 Å². The van der Waals surface area contributed by atoms with E-state index >= 15 is 0 Å². The van der Waals surface area contributed by atoms with Crippen molar-refractivity contribution in [1.29, 1.82) is 0 Å². The lowest BCUT2D eigenvalue weighted by Crippen LogP contribution is -2.41. The Morgan fingerprint density at radius 2 is 1.23 bits per heavy atom. The number of hydrogen-bond acceptors (Lipinski definition) is 2. The molecule has 0 saturated heterocycles. The van der Waals surface area contributed by atoms with Crippen molar-refractivity contribution in [2.45, 2.75) is 85.0 Å². The van der Waals surface area contributed by atoms with Gasteiger partial charge in [-0.05, 0) is 76.8 Å². The van der Waals surface area contributed by atoms with E-state index in [1.54, 1.807) is 0 Å². The molecule has 0 radical (unpaired) electrons. The van der Waals surface area contributed by atoms with E-state index in [2.05, 4.69) is 60.6 Å². The predicted octanol–water partition coefficient (Wildman–Crippen LogP) is 8.78. The summed E-state index contributed by atoms with van der Waals surface area (Å²) in [5.41, 5.74) is 3.80. The van der Waals surface area contributed by atoms with Gasteiger partial charge < -0.3 is 10.2 Å². The number of aromatic hydroxyl groups is 2. The Morgan fingerprint density at radius 3 is 1.58 bits per heavy atom. The Balaban J connectivity index is 2.36. The predicted molar refractivity (Wildman–Crippen MR) is 132 cm³/mol. The molecule has 0 spiro atoms. The van der Waals surface area contributed by atoms with Crippen LogP contribution >= 0.6 is 23.2 Å². The Kier molecular flexibility index (Phi) is 6.67. The van der Waals surface area contributed by atoms with Crippen LogP contribution in [0.2, 0.25) is 10.0 Å². The molecule has 31 heavy (non-hydrogen) atoms. The minimum atomic E-state index is -0.302. The van der Waals surface area contributed by atoms with Crippen LogP contribution < -0.4 is 0 Å².